The first-order chi connectivity index (χ1) is 11.1. The summed E-state index contributed by atoms with van der Waals surface area (Å²) in [6.07, 6.45) is 3.59. The van der Waals surface area contributed by atoms with Crippen LogP contribution in [0.15, 0.2) is 77.1 Å². The maximum Gasteiger partial charge on any atom is 0.153 e. The largest absolute Gasteiger partial charge is 0.489 e. The molecule has 1 unspecified atom stereocenters. The Hall–Kier alpha value is -2.24. The lowest BCUT2D eigenvalue weighted by molar-refractivity contribution is 0.306. The predicted octanol–water partition coefficient (Wildman–Crippen LogP) is 3.06. The maximum atomic E-state index is 6.39. The SMILES string of the molecule is NC1=CC(Br)=CNC1(N)c1ccc(OCc2ccccc2)cc1. The minimum atomic E-state index is -0.908. The van der Waals surface area contributed by atoms with Gasteiger partial charge in [0.25, 0.3) is 0 Å². The second-order valence-corrected chi connectivity index (χ2v) is 6.30. The number of hydrogen-bond acceptors (Lipinski definition) is 4. The summed E-state index contributed by atoms with van der Waals surface area (Å²) in [5.41, 5.74) is 14.1. The number of benzene rings is 2. The third-order valence-corrected chi connectivity index (χ3v) is 4.20. The molecule has 1 heterocycles. The topological polar surface area (TPSA) is 73.3 Å². The zero-order chi connectivity index (χ0) is 16.3. The lowest BCUT2D eigenvalue weighted by Crippen LogP contribution is -2.53. The van der Waals surface area contributed by atoms with Gasteiger partial charge in [-0.05, 0) is 45.3 Å². The van der Waals surface area contributed by atoms with Crippen molar-refractivity contribution < 1.29 is 4.74 Å². The van der Waals surface area contributed by atoms with Crippen molar-refractivity contribution >= 4 is 15.9 Å². The average Bonchev–Trinajstić information content (AvgIpc) is 2.58. The lowest BCUT2D eigenvalue weighted by atomic mass is 9.95. The molecule has 1 aliphatic heterocycles. The van der Waals surface area contributed by atoms with Crippen LogP contribution in [0.25, 0.3) is 0 Å². The molecule has 3 rings (SSSR count). The number of allylic oxidation sites excluding steroid dienone is 2. The summed E-state index contributed by atoms with van der Waals surface area (Å²) in [6.45, 7) is 0.532. The Balaban J connectivity index is 1.71. The van der Waals surface area contributed by atoms with E-state index < -0.39 is 5.66 Å². The average molecular weight is 372 g/mol. The van der Waals surface area contributed by atoms with Crippen LogP contribution in [0.5, 0.6) is 5.75 Å². The maximum absolute atomic E-state index is 6.39. The van der Waals surface area contributed by atoms with E-state index in [0.29, 0.717) is 12.3 Å². The molecule has 0 spiro atoms. The van der Waals surface area contributed by atoms with E-state index in [-0.39, 0.29) is 0 Å². The summed E-state index contributed by atoms with van der Waals surface area (Å²) >= 11 is 3.37. The minimum Gasteiger partial charge on any atom is -0.489 e. The van der Waals surface area contributed by atoms with E-state index in [1.165, 1.54) is 0 Å². The van der Waals surface area contributed by atoms with Crippen molar-refractivity contribution in [2.24, 2.45) is 11.5 Å². The van der Waals surface area contributed by atoms with E-state index in [9.17, 15) is 0 Å². The van der Waals surface area contributed by atoms with Gasteiger partial charge in [-0.15, -0.1) is 0 Å². The number of hydrogen-bond donors (Lipinski definition) is 3. The molecule has 0 saturated carbocycles. The van der Waals surface area contributed by atoms with Crippen LogP contribution in [0.4, 0.5) is 0 Å². The summed E-state index contributed by atoms with van der Waals surface area (Å²) in [6, 6.07) is 17.7. The van der Waals surface area contributed by atoms with Gasteiger partial charge in [0.2, 0.25) is 0 Å². The Morgan fingerprint density at radius 3 is 2.39 bits per heavy atom. The van der Waals surface area contributed by atoms with Crippen molar-refractivity contribution in [2.45, 2.75) is 12.3 Å². The van der Waals surface area contributed by atoms with Gasteiger partial charge in [-0.2, -0.15) is 0 Å². The molecule has 4 nitrogen and oxygen atoms in total. The third-order valence-electron chi connectivity index (χ3n) is 3.74. The minimum absolute atomic E-state index is 0.532. The molecule has 0 aliphatic carbocycles. The summed E-state index contributed by atoms with van der Waals surface area (Å²) in [5, 5.41) is 3.12. The van der Waals surface area contributed by atoms with Gasteiger partial charge in [0, 0.05) is 10.7 Å². The van der Waals surface area contributed by atoms with Crippen molar-refractivity contribution in [1.29, 1.82) is 0 Å². The molecular weight excluding hydrogens is 354 g/mol. The highest BCUT2D eigenvalue weighted by molar-refractivity contribution is 9.11. The van der Waals surface area contributed by atoms with Crippen molar-refractivity contribution in [3.63, 3.8) is 0 Å². The first-order valence-corrected chi connectivity index (χ1v) is 8.04. The Bertz CT molecular complexity index is 741. The van der Waals surface area contributed by atoms with E-state index >= 15 is 0 Å². The molecule has 118 valence electrons. The highest BCUT2D eigenvalue weighted by atomic mass is 79.9. The van der Waals surface area contributed by atoms with Gasteiger partial charge >= 0.3 is 0 Å². The monoisotopic (exact) mass is 371 g/mol. The molecule has 1 atom stereocenters. The van der Waals surface area contributed by atoms with Crippen LogP contribution in [0.2, 0.25) is 0 Å². The van der Waals surface area contributed by atoms with Gasteiger partial charge in [0.15, 0.2) is 5.66 Å². The molecule has 0 amide bonds. The zero-order valence-electron chi connectivity index (χ0n) is 12.5. The smallest absolute Gasteiger partial charge is 0.153 e. The van der Waals surface area contributed by atoms with E-state index in [1.807, 2.05) is 54.6 Å². The summed E-state index contributed by atoms with van der Waals surface area (Å²) < 4.78 is 6.64. The lowest BCUT2D eigenvalue weighted by Gasteiger charge is -2.33. The van der Waals surface area contributed by atoms with Gasteiger partial charge in [-0.1, -0.05) is 42.5 Å². The second kappa shape index (κ2) is 6.48. The van der Waals surface area contributed by atoms with E-state index in [0.717, 1.165) is 21.4 Å². The fourth-order valence-corrected chi connectivity index (χ4v) is 2.74. The molecule has 2 aromatic rings. The number of rotatable bonds is 4. The molecule has 5 N–H and O–H groups in total. The number of nitrogens with one attached hydrogen (secondary N) is 1. The quantitative estimate of drug-likeness (QED) is 0.771. The molecule has 5 heteroatoms. The standard InChI is InChI=1S/C18H18BrN3O/c19-15-10-17(20)18(21,22-11-15)14-6-8-16(9-7-14)23-12-13-4-2-1-3-5-13/h1-11,22H,12,20-21H2. The van der Waals surface area contributed by atoms with Gasteiger partial charge in [-0.25, -0.2) is 0 Å². The molecule has 0 saturated heterocycles. The molecule has 0 bridgehead atoms. The summed E-state index contributed by atoms with van der Waals surface area (Å²) in [4.78, 5) is 0. The van der Waals surface area contributed by atoms with Crippen LogP contribution >= 0.6 is 15.9 Å². The highest BCUT2D eigenvalue weighted by Gasteiger charge is 2.31. The predicted molar refractivity (Wildman–Crippen MR) is 95.5 cm³/mol. The van der Waals surface area contributed by atoms with Crippen LogP contribution in [-0.4, -0.2) is 0 Å². The summed E-state index contributed by atoms with van der Waals surface area (Å²) in [7, 11) is 0. The molecule has 0 radical (unpaired) electrons. The van der Waals surface area contributed by atoms with Crippen LogP contribution < -0.4 is 21.5 Å². The van der Waals surface area contributed by atoms with Crippen LogP contribution in [0.1, 0.15) is 11.1 Å². The number of ether oxygens (including phenoxy) is 1. The molecule has 2 aromatic carbocycles. The molecular formula is C18H18BrN3O. The van der Waals surface area contributed by atoms with Gasteiger partial charge in [0.1, 0.15) is 12.4 Å². The number of halogens is 1. The summed E-state index contributed by atoms with van der Waals surface area (Å²) in [5.74, 6) is 0.788. The van der Waals surface area contributed by atoms with Crippen LogP contribution in [0, 0.1) is 0 Å². The highest BCUT2D eigenvalue weighted by Crippen LogP contribution is 2.28. The fraction of sp³-hybridized carbons (Fsp3) is 0.111. The van der Waals surface area contributed by atoms with Crippen molar-refractivity contribution in [2.75, 3.05) is 0 Å². The third kappa shape index (κ3) is 3.41. The number of dihydropyridines is 1. The zero-order valence-corrected chi connectivity index (χ0v) is 14.1. The van der Waals surface area contributed by atoms with Gasteiger partial charge in [0.05, 0.1) is 5.70 Å². The van der Waals surface area contributed by atoms with E-state index in [4.69, 9.17) is 16.2 Å². The normalized spacial score (nSPS) is 20.3. The van der Waals surface area contributed by atoms with E-state index in [1.54, 1.807) is 12.3 Å². The molecule has 1 aliphatic rings. The van der Waals surface area contributed by atoms with Gasteiger partial charge in [-0.3, -0.25) is 5.73 Å². The van der Waals surface area contributed by atoms with Crippen LogP contribution in [0.3, 0.4) is 0 Å². The Labute approximate surface area is 144 Å². The number of nitrogens with two attached hydrogens (primary N) is 2. The Kier molecular flexibility index (Phi) is 4.41. The Morgan fingerprint density at radius 1 is 1.04 bits per heavy atom. The van der Waals surface area contributed by atoms with E-state index in [2.05, 4.69) is 21.2 Å². The van der Waals surface area contributed by atoms with Gasteiger partial charge < -0.3 is 15.8 Å². The molecule has 23 heavy (non-hydrogen) atoms. The van der Waals surface area contributed by atoms with Crippen molar-refractivity contribution in [1.82, 2.24) is 5.32 Å². The fourth-order valence-electron chi connectivity index (χ4n) is 2.38. The Morgan fingerprint density at radius 2 is 1.74 bits per heavy atom. The molecule has 0 aromatic heterocycles. The first kappa shape index (κ1) is 15.6. The molecule has 0 fully saturated rings. The van der Waals surface area contributed by atoms with Crippen LogP contribution in [-0.2, 0) is 12.3 Å². The first-order valence-electron chi connectivity index (χ1n) is 7.25. The second-order valence-electron chi connectivity index (χ2n) is 5.38. The van der Waals surface area contributed by atoms with Crippen molar-refractivity contribution in [3.8, 4) is 5.75 Å². The van der Waals surface area contributed by atoms with Crippen molar-refractivity contribution in [3.05, 3.63) is 88.2 Å².